The topological polar surface area (TPSA) is 82.3 Å². The fraction of sp³-hybridized carbons (Fsp3) is 0.0588. The average Bonchev–Trinajstić information content (AvgIpc) is 2.58. The van der Waals surface area contributed by atoms with Crippen molar-refractivity contribution in [1.82, 2.24) is 10.6 Å². The lowest BCUT2D eigenvalue weighted by Crippen LogP contribution is -2.34. The minimum absolute atomic E-state index is 0.126. The van der Waals surface area contributed by atoms with Crippen LogP contribution < -0.4 is 21.3 Å². The zero-order chi connectivity index (χ0) is 20.0. The zero-order valence-corrected chi connectivity index (χ0v) is 17.1. The Labute approximate surface area is 176 Å². The second kappa shape index (κ2) is 9.61. The average molecular weight is 441 g/mol. The van der Waals surface area contributed by atoms with Crippen molar-refractivity contribution in [3.05, 3.63) is 58.1 Å². The molecule has 2 rings (SSSR count). The van der Waals surface area contributed by atoms with Crippen molar-refractivity contribution in [3.63, 3.8) is 0 Å². The van der Waals surface area contributed by atoms with Gasteiger partial charge in [-0.05, 0) is 66.9 Å². The number of carbonyl (C=O) groups is 2. The number of rotatable bonds is 3. The lowest BCUT2D eigenvalue weighted by molar-refractivity contribution is -0.117. The summed E-state index contributed by atoms with van der Waals surface area (Å²) in [4.78, 5) is 23.1. The molecule has 0 aliphatic heterocycles. The maximum absolute atomic E-state index is 12.2. The van der Waals surface area contributed by atoms with E-state index in [-0.39, 0.29) is 21.2 Å². The van der Waals surface area contributed by atoms with Gasteiger partial charge in [0.15, 0.2) is 10.2 Å². The standard InChI is InChI=1S/C17H14Cl2N4O2S2/c1-9(24)20-16(26)21-11-3-5-12(6-4-11)22-17(27)23-15(25)10-2-7-13(18)14(19)8-10/h2-8H,1H3,(H2,20,21,24,26)(H2,22,23,25,27). The van der Waals surface area contributed by atoms with Crippen LogP contribution in [0.25, 0.3) is 0 Å². The summed E-state index contributed by atoms with van der Waals surface area (Å²) in [6, 6.07) is 11.5. The number of hydrogen-bond donors (Lipinski definition) is 4. The molecule has 0 bridgehead atoms. The molecule has 0 aliphatic carbocycles. The Hall–Kier alpha value is -2.26. The van der Waals surface area contributed by atoms with Crippen LogP contribution in [0.5, 0.6) is 0 Å². The van der Waals surface area contributed by atoms with Crippen LogP contribution in [-0.4, -0.2) is 22.0 Å². The number of thiocarbonyl (C=S) groups is 2. The van der Waals surface area contributed by atoms with E-state index in [2.05, 4.69) is 21.3 Å². The van der Waals surface area contributed by atoms with Crippen LogP contribution in [0.2, 0.25) is 10.0 Å². The number of amides is 2. The first-order chi connectivity index (χ1) is 12.7. The summed E-state index contributed by atoms with van der Waals surface area (Å²) in [6.45, 7) is 1.37. The van der Waals surface area contributed by atoms with Crippen LogP contribution >= 0.6 is 47.6 Å². The molecule has 0 saturated carbocycles. The minimum Gasteiger partial charge on any atom is -0.332 e. The molecule has 0 radical (unpaired) electrons. The van der Waals surface area contributed by atoms with Gasteiger partial charge in [-0.3, -0.25) is 14.9 Å². The minimum atomic E-state index is -0.412. The van der Waals surface area contributed by atoms with Gasteiger partial charge < -0.3 is 16.0 Å². The first kappa shape index (κ1) is 21.0. The van der Waals surface area contributed by atoms with Gasteiger partial charge in [0.1, 0.15) is 0 Å². The van der Waals surface area contributed by atoms with Crippen LogP contribution in [0.4, 0.5) is 11.4 Å². The Bertz CT molecular complexity index is 904. The largest absolute Gasteiger partial charge is 0.332 e. The molecule has 0 atom stereocenters. The van der Waals surface area contributed by atoms with Crippen molar-refractivity contribution in [3.8, 4) is 0 Å². The fourth-order valence-corrected chi connectivity index (χ4v) is 2.70. The second-order valence-electron chi connectivity index (χ2n) is 5.25. The van der Waals surface area contributed by atoms with E-state index in [4.69, 9.17) is 47.6 Å². The highest BCUT2D eigenvalue weighted by Crippen LogP contribution is 2.22. The molecule has 10 heteroatoms. The molecule has 140 valence electrons. The van der Waals surface area contributed by atoms with Crippen LogP contribution in [0.1, 0.15) is 17.3 Å². The van der Waals surface area contributed by atoms with Crippen molar-refractivity contribution in [2.24, 2.45) is 0 Å². The second-order valence-corrected chi connectivity index (χ2v) is 6.88. The molecule has 0 spiro atoms. The van der Waals surface area contributed by atoms with Gasteiger partial charge in [-0.1, -0.05) is 23.2 Å². The molecule has 4 N–H and O–H groups in total. The molecule has 0 aromatic heterocycles. The molecule has 2 aromatic rings. The lowest BCUT2D eigenvalue weighted by atomic mass is 10.2. The van der Waals surface area contributed by atoms with E-state index in [1.165, 1.54) is 19.1 Å². The number of benzene rings is 2. The summed E-state index contributed by atoms with van der Waals surface area (Å²) < 4.78 is 0. The normalized spacial score (nSPS) is 9.89. The first-order valence-electron chi connectivity index (χ1n) is 7.50. The van der Waals surface area contributed by atoms with Gasteiger partial charge >= 0.3 is 0 Å². The number of hydrogen-bond acceptors (Lipinski definition) is 4. The van der Waals surface area contributed by atoms with E-state index in [9.17, 15) is 9.59 Å². The summed E-state index contributed by atoms with van der Waals surface area (Å²) in [5.41, 5.74) is 1.68. The summed E-state index contributed by atoms with van der Waals surface area (Å²) in [7, 11) is 0. The van der Waals surface area contributed by atoms with Gasteiger partial charge in [0.2, 0.25) is 5.91 Å². The van der Waals surface area contributed by atoms with E-state index >= 15 is 0 Å². The maximum Gasteiger partial charge on any atom is 0.257 e. The molecule has 0 fully saturated rings. The van der Waals surface area contributed by atoms with Gasteiger partial charge in [0, 0.05) is 23.9 Å². The van der Waals surface area contributed by atoms with Crippen molar-refractivity contribution in [2.75, 3.05) is 10.6 Å². The highest BCUT2D eigenvalue weighted by Gasteiger charge is 2.10. The molecular formula is C17H14Cl2N4O2S2. The predicted molar refractivity (Wildman–Crippen MR) is 117 cm³/mol. The third kappa shape index (κ3) is 6.76. The number of carbonyl (C=O) groups excluding carboxylic acids is 2. The predicted octanol–water partition coefficient (Wildman–Crippen LogP) is 3.95. The zero-order valence-electron chi connectivity index (χ0n) is 13.9. The smallest absolute Gasteiger partial charge is 0.257 e. The molecule has 27 heavy (non-hydrogen) atoms. The Morgan fingerprint density at radius 2 is 1.33 bits per heavy atom. The van der Waals surface area contributed by atoms with Crippen molar-refractivity contribution in [1.29, 1.82) is 0 Å². The van der Waals surface area contributed by atoms with E-state index in [1.807, 2.05) is 0 Å². The molecule has 0 saturated heterocycles. The monoisotopic (exact) mass is 440 g/mol. The maximum atomic E-state index is 12.2. The van der Waals surface area contributed by atoms with Crippen LogP contribution in [-0.2, 0) is 4.79 Å². The van der Waals surface area contributed by atoms with Crippen molar-refractivity contribution < 1.29 is 9.59 Å². The first-order valence-corrected chi connectivity index (χ1v) is 9.08. The molecular weight excluding hydrogens is 427 g/mol. The van der Waals surface area contributed by atoms with E-state index in [1.54, 1.807) is 30.3 Å². The Balaban J connectivity index is 1.91. The van der Waals surface area contributed by atoms with Crippen LogP contribution in [0, 0.1) is 0 Å². The van der Waals surface area contributed by atoms with Gasteiger partial charge in [0.25, 0.3) is 5.91 Å². The van der Waals surface area contributed by atoms with E-state index < -0.39 is 5.91 Å². The molecule has 6 nitrogen and oxygen atoms in total. The highest BCUT2D eigenvalue weighted by atomic mass is 35.5. The van der Waals surface area contributed by atoms with Crippen molar-refractivity contribution >= 4 is 81.1 Å². The van der Waals surface area contributed by atoms with Gasteiger partial charge in [-0.15, -0.1) is 0 Å². The Morgan fingerprint density at radius 3 is 1.81 bits per heavy atom. The highest BCUT2D eigenvalue weighted by molar-refractivity contribution is 7.80. The Kier molecular flexibility index (Phi) is 7.49. The van der Waals surface area contributed by atoms with Gasteiger partial charge in [-0.2, -0.15) is 0 Å². The summed E-state index contributed by atoms with van der Waals surface area (Å²) in [6.07, 6.45) is 0. The summed E-state index contributed by atoms with van der Waals surface area (Å²) in [5.74, 6) is -0.668. The van der Waals surface area contributed by atoms with E-state index in [0.29, 0.717) is 22.0 Å². The lowest BCUT2D eigenvalue weighted by Gasteiger charge is -2.11. The van der Waals surface area contributed by atoms with Crippen LogP contribution in [0.15, 0.2) is 42.5 Å². The number of nitrogens with one attached hydrogen (secondary N) is 4. The molecule has 0 aliphatic rings. The van der Waals surface area contributed by atoms with Gasteiger partial charge in [0.05, 0.1) is 10.0 Å². The SMILES string of the molecule is CC(=O)NC(=S)Nc1ccc(NC(=S)NC(=O)c2ccc(Cl)c(Cl)c2)cc1. The summed E-state index contributed by atoms with van der Waals surface area (Å²) in [5, 5.41) is 11.7. The molecule has 0 unspecified atom stereocenters. The van der Waals surface area contributed by atoms with Gasteiger partial charge in [-0.25, -0.2) is 0 Å². The quantitative estimate of drug-likeness (QED) is 0.540. The van der Waals surface area contributed by atoms with E-state index in [0.717, 1.165) is 0 Å². The molecule has 2 aromatic carbocycles. The fourth-order valence-electron chi connectivity index (χ4n) is 1.93. The summed E-state index contributed by atoms with van der Waals surface area (Å²) >= 11 is 21.9. The Morgan fingerprint density at radius 1 is 0.815 bits per heavy atom. The number of halogens is 2. The van der Waals surface area contributed by atoms with Crippen molar-refractivity contribution in [2.45, 2.75) is 6.92 Å². The molecule has 0 heterocycles. The number of anilines is 2. The third-order valence-corrected chi connectivity index (χ3v) is 4.25. The third-order valence-electron chi connectivity index (χ3n) is 3.10. The molecule has 2 amide bonds. The van der Waals surface area contributed by atoms with Crippen LogP contribution in [0.3, 0.4) is 0 Å².